The first kappa shape index (κ1) is 23.6. The van der Waals surface area contributed by atoms with E-state index in [1.807, 2.05) is 0 Å². The number of aryl methyl sites for hydroxylation is 1. The highest BCUT2D eigenvalue weighted by Crippen LogP contribution is 2.49. The molecule has 0 aromatic carbocycles. The van der Waals surface area contributed by atoms with Crippen molar-refractivity contribution in [3.05, 3.63) is 44.5 Å². The molecule has 0 radical (unpaired) electrons. The smallest absolute Gasteiger partial charge is 0.361 e. The van der Waals surface area contributed by atoms with Gasteiger partial charge < -0.3 is 23.4 Å². The molecule has 1 saturated heterocycles. The number of nitrogens with one attached hydrogen (secondary N) is 1. The van der Waals surface area contributed by atoms with Gasteiger partial charge in [-0.15, -0.1) is 4.73 Å². The molecule has 0 aliphatic carbocycles. The molecule has 1 aromatic heterocycles. The summed E-state index contributed by atoms with van der Waals surface area (Å²) in [7, 11) is -3.42. The zero-order valence-corrected chi connectivity index (χ0v) is 17.9. The summed E-state index contributed by atoms with van der Waals surface area (Å²) in [6.07, 6.45) is 4.35. The van der Waals surface area contributed by atoms with Crippen molar-refractivity contribution in [3.8, 4) is 0 Å². The molecule has 2 rings (SSSR count). The zero-order valence-electron chi connectivity index (χ0n) is 17.0. The SMILES string of the molecule is CCOP(=O)(/C=C/[C@@H](COn1cc(C)c(=O)[nH]c1=O)O[C@@H]1CCCCO1)OCC. The van der Waals surface area contributed by atoms with Crippen molar-refractivity contribution in [2.24, 2.45) is 0 Å². The van der Waals surface area contributed by atoms with E-state index in [-0.39, 0.29) is 19.8 Å². The highest BCUT2D eigenvalue weighted by Gasteiger charge is 2.23. The number of aromatic amines is 1. The van der Waals surface area contributed by atoms with Crippen molar-refractivity contribution in [2.75, 3.05) is 26.4 Å². The second-order valence-corrected chi connectivity index (χ2v) is 8.27. The third kappa shape index (κ3) is 7.56. The van der Waals surface area contributed by atoms with Gasteiger partial charge in [0.2, 0.25) is 0 Å². The van der Waals surface area contributed by atoms with Crippen LogP contribution in [0.15, 0.2) is 27.7 Å². The van der Waals surface area contributed by atoms with Gasteiger partial charge in [-0.1, -0.05) is 0 Å². The molecule has 0 unspecified atom stereocenters. The summed E-state index contributed by atoms with van der Waals surface area (Å²) in [5.41, 5.74) is -0.857. The largest absolute Gasteiger partial charge is 0.406 e. The maximum Gasteiger partial charge on any atom is 0.361 e. The third-order valence-corrected chi connectivity index (χ3v) is 5.81. The minimum Gasteiger partial charge on any atom is -0.406 e. The van der Waals surface area contributed by atoms with Crippen molar-refractivity contribution in [2.45, 2.75) is 52.4 Å². The minimum absolute atomic E-state index is 0.0833. The Hall–Kier alpha value is -1.71. The number of H-pyrrole nitrogens is 1. The number of aromatic nitrogens is 2. The quantitative estimate of drug-likeness (QED) is 0.528. The molecule has 1 aliphatic rings. The topological polar surface area (TPSA) is 118 Å². The van der Waals surface area contributed by atoms with Crippen LogP contribution in [0, 0.1) is 6.92 Å². The Balaban J connectivity index is 2.14. The summed E-state index contributed by atoms with van der Waals surface area (Å²) in [5, 5.41) is 0. The van der Waals surface area contributed by atoms with Crippen LogP contribution in [0.2, 0.25) is 0 Å². The monoisotopic (exact) mass is 432 g/mol. The van der Waals surface area contributed by atoms with Gasteiger partial charge in [-0.25, -0.2) is 4.79 Å². The molecule has 1 N–H and O–H groups in total. The number of ether oxygens (including phenoxy) is 2. The number of hydrogen-bond acceptors (Lipinski definition) is 8. The second kappa shape index (κ2) is 11.5. The van der Waals surface area contributed by atoms with Crippen LogP contribution in [0.25, 0.3) is 0 Å². The highest BCUT2D eigenvalue weighted by atomic mass is 31.2. The zero-order chi connectivity index (χ0) is 21.3. The second-order valence-electron chi connectivity index (χ2n) is 6.38. The van der Waals surface area contributed by atoms with Crippen molar-refractivity contribution < 1.29 is 27.9 Å². The number of rotatable bonds is 11. The molecule has 2 atom stereocenters. The van der Waals surface area contributed by atoms with E-state index in [0.717, 1.165) is 24.0 Å². The van der Waals surface area contributed by atoms with Gasteiger partial charge in [0, 0.05) is 18.0 Å². The third-order valence-electron chi connectivity index (χ3n) is 4.03. The lowest BCUT2D eigenvalue weighted by Crippen LogP contribution is -2.38. The lowest BCUT2D eigenvalue weighted by molar-refractivity contribution is -0.187. The molecule has 29 heavy (non-hydrogen) atoms. The van der Waals surface area contributed by atoms with Gasteiger partial charge in [0.25, 0.3) is 5.56 Å². The van der Waals surface area contributed by atoms with E-state index in [4.69, 9.17) is 23.4 Å². The number of nitrogens with zero attached hydrogens (tertiary/aromatic N) is 1. The maximum atomic E-state index is 12.7. The van der Waals surface area contributed by atoms with Crippen LogP contribution in [-0.2, 0) is 23.1 Å². The van der Waals surface area contributed by atoms with Gasteiger partial charge in [0.1, 0.15) is 12.7 Å². The van der Waals surface area contributed by atoms with Crippen LogP contribution >= 0.6 is 7.60 Å². The summed E-state index contributed by atoms with van der Waals surface area (Å²) >= 11 is 0. The predicted octanol–water partition coefficient (Wildman–Crippen LogP) is 1.97. The molecule has 10 nitrogen and oxygen atoms in total. The fourth-order valence-electron chi connectivity index (χ4n) is 2.63. The number of hydrogen-bond donors (Lipinski definition) is 1. The van der Waals surface area contributed by atoms with Crippen molar-refractivity contribution in [1.29, 1.82) is 0 Å². The highest BCUT2D eigenvalue weighted by molar-refractivity contribution is 7.57. The van der Waals surface area contributed by atoms with Gasteiger partial charge in [0.15, 0.2) is 6.29 Å². The summed E-state index contributed by atoms with van der Waals surface area (Å²) in [5.74, 6) is 1.33. The molecule has 0 amide bonds. The first-order valence-electron chi connectivity index (χ1n) is 9.68. The lowest BCUT2D eigenvalue weighted by atomic mass is 10.2. The first-order chi connectivity index (χ1) is 13.9. The van der Waals surface area contributed by atoms with E-state index in [9.17, 15) is 14.2 Å². The summed E-state index contributed by atoms with van der Waals surface area (Å²) in [6, 6.07) is 0. The predicted molar refractivity (Wildman–Crippen MR) is 106 cm³/mol. The molecule has 1 fully saturated rings. The minimum atomic E-state index is -3.42. The summed E-state index contributed by atoms with van der Waals surface area (Å²) in [4.78, 5) is 31.0. The normalized spacial score (nSPS) is 18.8. The van der Waals surface area contributed by atoms with Gasteiger partial charge in [-0.2, -0.15) is 0 Å². The Bertz CT molecular complexity index is 818. The summed E-state index contributed by atoms with van der Waals surface area (Å²) < 4.78 is 35.6. The van der Waals surface area contributed by atoms with E-state index in [1.165, 1.54) is 18.1 Å². The Labute approximate surface area is 169 Å². The molecule has 0 bridgehead atoms. The van der Waals surface area contributed by atoms with Crippen LogP contribution < -0.4 is 16.1 Å². The van der Waals surface area contributed by atoms with E-state index in [0.29, 0.717) is 12.2 Å². The van der Waals surface area contributed by atoms with Gasteiger partial charge in [0.05, 0.1) is 19.4 Å². The molecule has 11 heteroatoms. The van der Waals surface area contributed by atoms with Crippen molar-refractivity contribution in [1.82, 2.24) is 9.71 Å². The molecule has 1 aromatic rings. The van der Waals surface area contributed by atoms with Crippen molar-refractivity contribution >= 4 is 7.60 Å². The Morgan fingerprint density at radius 2 is 2.03 bits per heavy atom. The molecule has 0 spiro atoms. The van der Waals surface area contributed by atoms with Crippen LogP contribution in [0.1, 0.15) is 38.7 Å². The molecular formula is C18H29N2O8P. The fourth-order valence-corrected chi connectivity index (χ4v) is 4.00. The first-order valence-corrected chi connectivity index (χ1v) is 11.3. The van der Waals surface area contributed by atoms with E-state index >= 15 is 0 Å². The fraction of sp³-hybridized carbons (Fsp3) is 0.667. The van der Waals surface area contributed by atoms with Crippen LogP contribution in [0.5, 0.6) is 0 Å². The average molecular weight is 432 g/mol. The molecular weight excluding hydrogens is 403 g/mol. The van der Waals surface area contributed by atoms with Crippen LogP contribution in [-0.4, -0.2) is 48.5 Å². The van der Waals surface area contributed by atoms with Crippen LogP contribution in [0.3, 0.4) is 0 Å². The average Bonchev–Trinajstić information content (AvgIpc) is 2.69. The lowest BCUT2D eigenvalue weighted by Gasteiger charge is -2.26. The Kier molecular flexibility index (Phi) is 9.32. The van der Waals surface area contributed by atoms with Crippen LogP contribution in [0.4, 0.5) is 0 Å². The van der Waals surface area contributed by atoms with Gasteiger partial charge >= 0.3 is 13.3 Å². The molecule has 2 heterocycles. The summed E-state index contributed by atoms with van der Waals surface area (Å²) in [6.45, 7) is 5.96. The molecule has 1 aliphatic heterocycles. The Morgan fingerprint density at radius 1 is 1.31 bits per heavy atom. The standard InChI is InChI=1S/C18H29N2O8P/c1-4-26-29(23,27-5-2)11-9-15(28-16-8-6-7-10-24-16)13-25-20-12-14(3)17(21)19-18(20)22/h9,11-12,15-16H,4-8,10,13H2,1-3H3,(H,19,21,22)/b11-9+/t15-,16+/m0/s1. The molecule has 164 valence electrons. The Morgan fingerprint density at radius 3 is 2.66 bits per heavy atom. The van der Waals surface area contributed by atoms with E-state index in [1.54, 1.807) is 20.8 Å². The van der Waals surface area contributed by atoms with E-state index < -0.39 is 31.2 Å². The van der Waals surface area contributed by atoms with E-state index in [2.05, 4.69) is 4.98 Å². The van der Waals surface area contributed by atoms with Gasteiger partial charge in [-0.05, 0) is 46.1 Å². The maximum absolute atomic E-state index is 12.7. The molecule has 0 saturated carbocycles. The van der Waals surface area contributed by atoms with Crippen molar-refractivity contribution in [3.63, 3.8) is 0 Å². The van der Waals surface area contributed by atoms with Gasteiger partial charge in [-0.3, -0.25) is 14.3 Å².